The van der Waals surface area contributed by atoms with Crippen molar-refractivity contribution in [1.29, 1.82) is 0 Å². The number of alkyl carbamates (subject to hydrolysis) is 1. The van der Waals surface area contributed by atoms with E-state index in [-0.39, 0.29) is 17.9 Å². The average molecular weight is 415 g/mol. The molecule has 0 unspecified atom stereocenters. The lowest BCUT2D eigenvalue weighted by molar-refractivity contribution is 0.130. The second-order valence-corrected chi connectivity index (χ2v) is 9.58. The molecule has 0 aliphatic heterocycles. The molecule has 2 rings (SSSR count). The number of rotatable bonds is 9. The molecular formula is C25H38N2O3. The van der Waals surface area contributed by atoms with Gasteiger partial charge in [0.1, 0.15) is 12.4 Å². The Balaban J connectivity index is 2.45. The summed E-state index contributed by atoms with van der Waals surface area (Å²) >= 11 is 0. The maximum absolute atomic E-state index is 12.3. The predicted molar refractivity (Wildman–Crippen MR) is 123 cm³/mol. The van der Waals surface area contributed by atoms with Gasteiger partial charge in [-0.25, -0.2) is 4.79 Å². The summed E-state index contributed by atoms with van der Waals surface area (Å²) in [7, 11) is 0. The van der Waals surface area contributed by atoms with E-state index in [4.69, 9.17) is 9.72 Å². The maximum Gasteiger partial charge on any atom is 0.407 e. The third-order valence-corrected chi connectivity index (χ3v) is 4.98. The van der Waals surface area contributed by atoms with Crippen molar-refractivity contribution in [3.8, 4) is 5.75 Å². The molecule has 0 saturated carbocycles. The molecule has 0 bridgehead atoms. The standard InChI is InChI=1S/C25H38N2O3/c1-7-8-9-10-11-19-20-15-18(28)12-13-22(20)26-23(14-17(2)3)21(19)16-30-24(29)27-25(4,5)6/h12-13,15,17,28H,7-11,14,16H2,1-6H3,(H,27,29). The van der Waals surface area contributed by atoms with E-state index >= 15 is 0 Å². The Bertz CT molecular complexity index is 854. The van der Waals surface area contributed by atoms with Crippen LogP contribution in [-0.4, -0.2) is 21.7 Å². The summed E-state index contributed by atoms with van der Waals surface area (Å²) in [5.74, 6) is 0.662. The Labute approximate surface area is 181 Å². The number of aromatic nitrogens is 1. The quantitative estimate of drug-likeness (QED) is 0.473. The first-order valence-electron chi connectivity index (χ1n) is 11.2. The van der Waals surface area contributed by atoms with Crippen LogP contribution in [0.1, 0.15) is 84.0 Å². The van der Waals surface area contributed by atoms with Gasteiger partial charge < -0.3 is 15.2 Å². The molecule has 1 aromatic carbocycles. The number of carbonyl (C=O) groups is 1. The van der Waals surface area contributed by atoms with Gasteiger partial charge >= 0.3 is 6.09 Å². The Morgan fingerprint density at radius 2 is 1.90 bits per heavy atom. The van der Waals surface area contributed by atoms with Gasteiger partial charge in [-0.15, -0.1) is 0 Å². The molecule has 166 valence electrons. The van der Waals surface area contributed by atoms with Crippen molar-refractivity contribution in [1.82, 2.24) is 10.3 Å². The molecule has 5 heteroatoms. The summed E-state index contributed by atoms with van der Waals surface area (Å²) in [6.45, 7) is 12.5. The van der Waals surface area contributed by atoms with Gasteiger partial charge in [0, 0.05) is 22.2 Å². The van der Waals surface area contributed by atoms with Crippen LogP contribution >= 0.6 is 0 Å². The highest BCUT2D eigenvalue weighted by molar-refractivity contribution is 5.85. The number of phenolic OH excluding ortho intramolecular Hbond substituents is 1. The van der Waals surface area contributed by atoms with Gasteiger partial charge in [0.05, 0.1) is 5.52 Å². The lowest BCUT2D eigenvalue weighted by atomic mass is 9.93. The van der Waals surface area contributed by atoms with Crippen molar-refractivity contribution in [3.63, 3.8) is 0 Å². The number of pyridine rings is 1. The van der Waals surface area contributed by atoms with E-state index < -0.39 is 6.09 Å². The predicted octanol–water partition coefficient (Wildman–Crippen LogP) is 6.29. The number of phenols is 1. The second-order valence-electron chi connectivity index (χ2n) is 9.58. The molecule has 0 fully saturated rings. The van der Waals surface area contributed by atoms with E-state index in [0.29, 0.717) is 5.92 Å². The monoisotopic (exact) mass is 414 g/mol. The van der Waals surface area contributed by atoms with Crippen LogP contribution in [0.5, 0.6) is 5.75 Å². The third kappa shape index (κ3) is 7.19. The highest BCUT2D eigenvalue weighted by atomic mass is 16.5. The van der Waals surface area contributed by atoms with Gasteiger partial charge in [0.25, 0.3) is 0 Å². The SMILES string of the molecule is CCCCCCc1c(COC(=O)NC(C)(C)C)c(CC(C)C)nc2ccc(O)cc12. The molecule has 0 saturated heterocycles. The van der Waals surface area contributed by atoms with Crippen LogP contribution in [-0.2, 0) is 24.2 Å². The first-order valence-corrected chi connectivity index (χ1v) is 11.2. The molecule has 1 amide bonds. The van der Waals surface area contributed by atoms with E-state index in [9.17, 15) is 9.90 Å². The number of nitrogens with one attached hydrogen (secondary N) is 1. The normalized spacial score (nSPS) is 11.8. The summed E-state index contributed by atoms with van der Waals surface area (Å²) in [5, 5.41) is 13.9. The number of aryl methyl sites for hydroxylation is 1. The number of aromatic hydroxyl groups is 1. The highest BCUT2D eigenvalue weighted by Crippen LogP contribution is 2.30. The smallest absolute Gasteiger partial charge is 0.407 e. The summed E-state index contributed by atoms with van der Waals surface area (Å²) in [6, 6.07) is 5.35. The molecule has 0 radical (unpaired) electrons. The number of unbranched alkanes of at least 4 members (excludes halogenated alkanes) is 3. The number of nitrogens with zero attached hydrogens (tertiary/aromatic N) is 1. The van der Waals surface area contributed by atoms with Crippen molar-refractivity contribution in [3.05, 3.63) is 35.0 Å². The van der Waals surface area contributed by atoms with Crippen LogP contribution in [0.25, 0.3) is 10.9 Å². The minimum absolute atomic E-state index is 0.186. The molecular weight excluding hydrogens is 376 g/mol. The van der Waals surface area contributed by atoms with Gasteiger partial charge in [-0.2, -0.15) is 0 Å². The van der Waals surface area contributed by atoms with E-state index in [1.54, 1.807) is 12.1 Å². The number of fused-ring (bicyclic) bond motifs is 1. The molecule has 0 atom stereocenters. The minimum Gasteiger partial charge on any atom is -0.508 e. The summed E-state index contributed by atoms with van der Waals surface area (Å²) in [5.41, 5.74) is 3.65. The molecule has 0 spiro atoms. The van der Waals surface area contributed by atoms with Crippen molar-refractivity contribution in [2.75, 3.05) is 0 Å². The van der Waals surface area contributed by atoms with Crippen molar-refractivity contribution in [2.24, 2.45) is 5.92 Å². The van der Waals surface area contributed by atoms with Crippen molar-refractivity contribution < 1.29 is 14.6 Å². The average Bonchev–Trinajstić information content (AvgIpc) is 2.62. The largest absolute Gasteiger partial charge is 0.508 e. The molecule has 2 aromatic rings. The summed E-state index contributed by atoms with van der Waals surface area (Å²) < 4.78 is 5.62. The zero-order valence-electron chi connectivity index (χ0n) is 19.5. The molecule has 1 aromatic heterocycles. The fourth-order valence-corrected chi connectivity index (χ4v) is 3.63. The van der Waals surface area contributed by atoms with Crippen LogP contribution in [0.3, 0.4) is 0 Å². The molecule has 0 aliphatic carbocycles. The van der Waals surface area contributed by atoms with E-state index in [0.717, 1.165) is 53.4 Å². The fraction of sp³-hybridized carbons (Fsp3) is 0.600. The lowest BCUT2D eigenvalue weighted by Gasteiger charge is -2.22. The van der Waals surface area contributed by atoms with Crippen molar-refractivity contribution in [2.45, 2.75) is 92.2 Å². The number of hydrogen-bond donors (Lipinski definition) is 2. The van der Waals surface area contributed by atoms with Gasteiger partial charge in [-0.3, -0.25) is 4.98 Å². The lowest BCUT2D eigenvalue weighted by Crippen LogP contribution is -2.40. The first kappa shape index (κ1) is 24.0. The Kier molecular flexibility index (Phi) is 8.51. The highest BCUT2D eigenvalue weighted by Gasteiger charge is 2.20. The Hall–Kier alpha value is -2.30. The molecule has 0 aliphatic rings. The fourth-order valence-electron chi connectivity index (χ4n) is 3.63. The Morgan fingerprint density at radius 3 is 2.53 bits per heavy atom. The third-order valence-electron chi connectivity index (χ3n) is 4.98. The summed E-state index contributed by atoms with van der Waals surface area (Å²) in [6.07, 6.45) is 5.87. The molecule has 2 N–H and O–H groups in total. The van der Waals surface area contributed by atoms with Crippen LogP contribution in [0.15, 0.2) is 18.2 Å². The van der Waals surface area contributed by atoms with Gasteiger partial charge in [0.15, 0.2) is 0 Å². The Morgan fingerprint density at radius 1 is 1.17 bits per heavy atom. The zero-order valence-corrected chi connectivity index (χ0v) is 19.5. The maximum atomic E-state index is 12.3. The van der Waals surface area contributed by atoms with Crippen molar-refractivity contribution >= 4 is 17.0 Å². The van der Waals surface area contributed by atoms with E-state index in [2.05, 4.69) is 26.1 Å². The number of hydrogen-bond acceptors (Lipinski definition) is 4. The second kappa shape index (κ2) is 10.6. The summed E-state index contributed by atoms with van der Waals surface area (Å²) in [4.78, 5) is 17.2. The van der Waals surface area contributed by atoms with Gasteiger partial charge in [-0.05, 0) is 69.7 Å². The number of ether oxygens (including phenoxy) is 1. The van der Waals surface area contributed by atoms with Gasteiger partial charge in [0.2, 0.25) is 0 Å². The molecule has 1 heterocycles. The zero-order chi connectivity index (χ0) is 22.3. The van der Waals surface area contributed by atoms with E-state index in [1.807, 2.05) is 26.8 Å². The van der Waals surface area contributed by atoms with Gasteiger partial charge in [-0.1, -0.05) is 40.0 Å². The van der Waals surface area contributed by atoms with Crippen LogP contribution < -0.4 is 5.32 Å². The molecule has 30 heavy (non-hydrogen) atoms. The number of benzene rings is 1. The topological polar surface area (TPSA) is 71.5 Å². The number of amides is 1. The first-order chi connectivity index (χ1) is 14.1. The van der Waals surface area contributed by atoms with Crippen LogP contribution in [0.2, 0.25) is 0 Å². The van der Waals surface area contributed by atoms with E-state index in [1.165, 1.54) is 12.8 Å². The minimum atomic E-state index is -0.425. The van der Waals surface area contributed by atoms with Crippen LogP contribution in [0, 0.1) is 5.92 Å². The molecule has 5 nitrogen and oxygen atoms in total. The number of carbonyl (C=O) groups excluding carboxylic acids is 1. The van der Waals surface area contributed by atoms with Crippen LogP contribution in [0.4, 0.5) is 4.79 Å².